The third kappa shape index (κ3) is 43.7. The average Bonchev–Trinajstić information content (AvgIpc) is 3.24. The van der Waals surface area contributed by atoms with Gasteiger partial charge in [-0.2, -0.15) is 0 Å². The summed E-state index contributed by atoms with van der Waals surface area (Å²) in [6, 6.07) is -1.50. The molecule has 0 radical (unpaired) electrons. The topological polar surface area (TPSA) is 155 Å². The Morgan fingerprint density at radius 1 is 0.525 bits per heavy atom. The fourth-order valence-corrected chi connectivity index (χ4v) is 5.61. The van der Waals surface area contributed by atoms with Crippen molar-refractivity contribution in [2.75, 3.05) is 26.4 Å². The maximum Gasteiger partial charge on any atom is 0.472 e. The summed E-state index contributed by atoms with van der Waals surface area (Å²) in [6.45, 7) is 3.31. The highest BCUT2D eigenvalue weighted by Crippen LogP contribution is 2.43. The number of esters is 1. The predicted molar refractivity (Wildman–Crippen MR) is 253 cm³/mol. The average molecular weight is 866 g/mol. The molecule has 0 aliphatic rings. The predicted octanol–water partition coefficient (Wildman–Crippen LogP) is 12.4. The fourth-order valence-electron chi connectivity index (χ4n) is 4.83. The van der Waals surface area contributed by atoms with Gasteiger partial charge in [0.05, 0.1) is 26.4 Å². The minimum absolute atomic E-state index is 0.0725. The van der Waals surface area contributed by atoms with Gasteiger partial charge in [-0.05, 0) is 96.3 Å². The summed E-state index contributed by atoms with van der Waals surface area (Å²) < 4.78 is 33.2. The molecule has 3 atom stereocenters. The van der Waals surface area contributed by atoms with Crippen LogP contribution in [-0.2, 0) is 32.7 Å². The minimum atomic E-state index is -4.67. The molecule has 0 aliphatic carbocycles. The number of unbranched alkanes of at least 4 members (excludes halogenated alkanes) is 1. The van der Waals surface area contributed by atoms with Gasteiger partial charge in [-0.25, -0.2) is 4.57 Å². The van der Waals surface area contributed by atoms with Crippen molar-refractivity contribution in [2.45, 2.75) is 129 Å². The van der Waals surface area contributed by atoms with Gasteiger partial charge in [0.25, 0.3) is 0 Å². The number of aliphatic carboxylic acids is 1. The highest BCUT2D eigenvalue weighted by molar-refractivity contribution is 7.47. The molecule has 0 fully saturated rings. The smallest absolute Gasteiger partial charge is 0.472 e. The normalized spacial score (nSPS) is 15.2. The van der Waals surface area contributed by atoms with Crippen molar-refractivity contribution in [2.24, 2.45) is 5.73 Å². The molecule has 0 aromatic carbocycles. The van der Waals surface area contributed by atoms with Gasteiger partial charge in [0.15, 0.2) is 0 Å². The van der Waals surface area contributed by atoms with Gasteiger partial charge < -0.3 is 25.2 Å². The van der Waals surface area contributed by atoms with Crippen LogP contribution in [-0.4, -0.2) is 60.5 Å². The van der Waals surface area contributed by atoms with Crippen LogP contribution in [0.4, 0.5) is 0 Å². The molecule has 4 N–H and O–H groups in total. The zero-order chi connectivity index (χ0) is 44.8. The van der Waals surface area contributed by atoms with E-state index in [-0.39, 0.29) is 13.0 Å². The van der Waals surface area contributed by atoms with Crippen LogP contribution in [0.15, 0.2) is 146 Å². The molecule has 11 heteroatoms. The van der Waals surface area contributed by atoms with Crippen LogP contribution >= 0.6 is 7.82 Å². The number of carbonyl (C=O) groups excluding carboxylic acids is 1. The van der Waals surface area contributed by atoms with E-state index in [2.05, 4.69) is 146 Å². The molecule has 340 valence electrons. The Morgan fingerprint density at radius 3 is 1.25 bits per heavy atom. The van der Waals surface area contributed by atoms with Crippen molar-refractivity contribution in [1.82, 2.24) is 0 Å². The summed E-state index contributed by atoms with van der Waals surface area (Å²) in [5.74, 6) is -1.89. The van der Waals surface area contributed by atoms with E-state index in [1.54, 1.807) is 0 Å². The van der Waals surface area contributed by atoms with Crippen molar-refractivity contribution in [3.63, 3.8) is 0 Å². The summed E-state index contributed by atoms with van der Waals surface area (Å²) in [5.41, 5.74) is 5.34. The first-order valence-corrected chi connectivity index (χ1v) is 23.4. The number of rotatable bonds is 39. The second-order valence-electron chi connectivity index (χ2n) is 13.7. The Bertz CT molecular complexity index is 1510. The molecule has 0 saturated carbocycles. The molecule has 0 heterocycles. The second-order valence-corrected chi connectivity index (χ2v) is 15.2. The zero-order valence-corrected chi connectivity index (χ0v) is 37.8. The highest BCUT2D eigenvalue weighted by Gasteiger charge is 2.27. The summed E-state index contributed by atoms with van der Waals surface area (Å²) >= 11 is 0. The summed E-state index contributed by atoms with van der Waals surface area (Å²) in [5, 5.41) is 8.90. The summed E-state index contributed by atoms with van der Waals surface area (Å²) in [7, 11) is -4.67. The molecule has 0 rings (SSSR count). The number of hydrogen-bond donors (Lipinski definition) is 3. The van der Waals surface area contributed by atoms with Gasteiger partial charge in [-0.15, -0.1) is 0 Å². The monoisotopic (exact) mass is 866 g/mol. The Hall–Kier alpha value is -4.15. The van der Waals surface area contributed by atoms with Gasteiger partial charge >= 0.3 is 19.8 Å². The van der Waals surface area contributed by atoms with E-state index in [4.69, 9.17) is 24.8 Å². The number of phosphoric ester groups is 1. The van der Waals surface area contributed by atoms with Crippen LogP contribution in [0.2, 0.25) is 0 Å². The van der Waals surface area contributed by atoms with Crippen LogP contribution in [0.1, 0.15) is 117 Å². The number of nitrogens with two attached hydrogens (primary N) is 1. The lowest BCUT2D eigenvalue weighted by Gasteiger charge is -2.20. The number of carboxylic acids is 1. The molecule has 0 bridgehead atoms. The standard InChI is InChI=1S/C50H76NO9P/c1-3-5-7-9-11-13-15-17-19-21-22-23-24-25-26-27-28-30-32-34-36-38-40-42-49(52)60-47(45-58-61(55,56)59-46-48(51)50(53)54)44-57-43-41-39-37-35-33-31-29-20-18-16-14-12-10-8-6-4-2/h5-8,11-14,17-20,22-23,25-26,28,30-31,33-34,36-37,39,47-48H,3-4,9-10,15-16,21,24,27,29,32,35,38,40-46,51H2,1-2H3,(H,53,54)(H,55,56)/b7-5-,8-6-,13-11-,14-12-,19-17-,20-18-,23-22-,26-25-,30-28-,33-31-,36-34-,39-37-. The molecule has 10 nitrogen and oxygen atoms in total. The molecule has 0 spiro atoms. The Labute approximate surface area is 368 Å². The minimum Gasteiger partial charge on any atom is -0.480 e. The van der Waals surface area contributed by atoms with Crippen molar-refractivity contribution in [3.05, 3.63) is 146 Å². The maximum atomic E-state index is 12.6. The summed E-state index contributed by atoms with van der Waals surface area (Å²) in [6.07, 6.45) is 63.6. The van der Waals surface area contributed by atoms with Gasteiger partial charge in [0.2, 0.25) is 0 Å². The molecule has 0 aromatic heterocycles. The molecular weight excluding hydrogens is 790 g/mol. The number of carbonyl (C=O) groups is 2. The highest BCUT2D eigenvalue weighted by atomic mass is 31.2. The van der Waals surface area contributed by atoms with Crippen molar-refractivity contribution in [3.8, 4) is 0 Å². The Kier molecular flexibility index (Phi) is 40.9. The molecule has 61 heavy (non-hydrogen) atoms. The number of hydrogen-bond acceptors (Lipinski definition) is 8. The third-order valence-electron chi connectivity index (χ3n) is 8.13. The number of phosphoric acid groups is 1. The first-order valence-electron chi connectivity index (χ1n) is 21.9. The molecular formula is C50H76NO9P. The van der Waals surface area contributed by atoms with E-state index < -0.39 is 45.1 Å². The first-order chi connectivity index (χ1) is 29.7. The molecule has 0 saturated heterocycles. The van der Waals surface area contributed by atoms with Gasteiger partial charge in [0.1, 0.15) is 12.1 Å². The van der Waals surface area contributed by atoms with Gasteiger partial charge in [-0.1, -0.05) is 160 Å². The summed E-state index contributed by atoms with van der Waals surface area (Å²) in [4.78, 5) is 33.5. The lowest BCUT2D eigenvalue weighted by atomic mass is 10.2. The van der Waals surface area contributed by atoms with Crippen molar-refractivity contribution >= 4 is 19.8 Å². The lowest BCUT2D eigenvalue weighted by molar-refractivity contribution is -0.154. The quantitative estimate of drug-likeness (QED) is 0.0235. The van der Waals surface area contributed by atoms with E-state index in [1.807, 2.05) is 18.2 Å². The van der Waals surface area contributed by atoms with Crippen molar-refractivity contribution in [1.29, 1.82) is 0 Å². The SMILES string of the molecule is CC/C=C\C/C=C\C/C=C\C/C=C\C/C=C\C/C=C\C/C=C\CCCC(=O)OC(COCC/C=C\C/C=C\C/C=C\C/C=C\C/C=C\CC)COP(=O)(O)OCC(N)C(=O)O. The third-order valence-corrected chi connectivity index (χ3v) is 9.08. The van der Waals surface area contributed by atoms with Crippen molar-refractivity contribution < 1.29 is 42.7 Å². The van der Waals surface area contributed by atoms with E-state index in [0.717, 1.165) is 77.0 Å². The van der Waals surface area contributed by atoms with Crippen LogP contribution in [0.3, 0.4) is 0 Å². The van der Waals surface area contributed by atoms with Crippen LogP contribution in [0.5, 0.6) is 0 Å². The zero-order valence-electron chi connectivity index (χ0n) is 36.9. The van der Waals surface area contributed by atoms with Crippen LogP contribution < -0.4 is 5.73 Å². The van der Waals surface area contributed by atoms with E-state index in [1.165, 1.54) is 0 Å². The van der Waals surface area contributed by atoms with Crippen LogP contribution in [0, 0.1) is 0 Å². The largest absolute Gasteiger partial charge is 0.480 e. The van der Waals surface area contributed by atoms with E-state index >= 15 is 0 Å². The molecule has 3 unspecified atom stereocenters. The number of allylic oxidation sites excluding steroid dienone is 23. The maximum absolute atomic E-state index is 12.6. The fraction of sp³-hybridized carbons (Fsp3) is 0.480. The first kappa shape index (κ1) is 56.9. The molecule has 0 amide bonds. The lowest BCUT2D eigenvalue weighted by Crippen LogP contribution is -2.34. The van der Waals surface area contributed by atoms with E-state index in [0.29, 0.717) is 25.9 Å². The number of carboxylic acid groups (broad SMARTS) is 1. The van der Waals surface area contributed by atoms with Gasteiger partial charge in [0, 0.05) is 6.42 Å². The van der Waals surface area contributed by atoms with Crippen LogP contribution in [0.25, 0.3) is 0 Å². The Balaban J connectivity index is 4.49. The van der Waals surface area contributed by atoms with E-state index in [9.17, 15) is 19.0 Å². The number of ether oxygens (including phenoxy) is 2. The second kappa shape index (κ2) is 43.9. The molecule has 0 aliphatic heterocycles. The van der Waals surface area contributed by atoms with Gasteiger partial charge in [-0.3, -0.25) is 18.6 Å². The Morgan fingerprint density at radius 2 is 0.869 bits per heavy atom. The molecule has 0 aromatic rings.